The lowest BCUT2D eigenvalue weighted by Gasteiger charge is -2.40. The molecule has 0 radical (unpaired) electrons. The second kappa shape index (κ2) is 4.35. The van der Waals surface area contributed by atoms with E-state index < -0.39 is 24.6 Å². The van der Waals surface area contributed by atoms with E-state index in [9.17, 15) is 15.3 Å². The van der Waals surface area contributed by atoms with Crippen LogP contribution in [0.1, 0.15) is 26.2 Å². The van der Waals surface area contributed by atoms with Gasteiger partial charge < -0.3 is 24.8 Å². The predicted octanol–water partition coefficient (Wildman–Crippen LogP) is -0.617. The number of hydrogen-bond donors (Lipinski definition) is 3. The summed E-state index contributed by atoms with van der Waals surface area (Å²) >= 11 is 0. The Hall–Kier alpha value is -0.200. The van der Waals surface area contributed by atoms with Gasteiger partial charge >= 0.3 is 0 Å². The summed E-state index contributed by atoms with van der Waals surface area (Å²) in [6, 6.07) is 0. The summed E-state index contributed by atoms with van der Waals surface area (Å²) in [6.45, 7) is 1.94. The third kappa shape index (κ3) is 2.16. The van der Waals surface area contributed by atoms with Gasteiger partial charge in [0.15, 0.2) is 6.29 Å². The van der Waals surface area contributed by atoms with Gasteiger partial charge in [0.25, 0.3) is 0 Å². The Kier molecular flexibility index (Phi) is 3.27. The van der Waals surface area contributed by atoms with Crippen LogP contribution in [0.5, 0.6) is 0 Å². The van der Waals surface area contributed by atoms with Gasteiger partial charge in [0.2, 0.25) is 0 Å². The van der Waals surface area contributed by atoms with Crippen molar-refractivity contribution < 1.29 is 24.8 Å². The lowest BCUT2D eigenvalue weighted by molar-refractivity contribution is -0.291. The molecule has 1 unspecified atom stereocenters. The minimum atomic E-state index is -1.31. The largest absolute Gasteiger partial charge is 0.387 e. The molecule has 0 saturated carbocycles. The number of ether oxygens (including phenoxy) is 2. The molecule has 88 valence electrons. The van der Waals surface area contributed by atoms with Crippen LogP contribution in [-0.4, -0.2) is 52.1 Å². The summed E-state index contributed by atoms with van der Waals surface area (Å²) in [5, 5.41) is 28.6. The van der Waals surface area contributed by atoms with Crippen molar-refractivity contribution in [2.24, 2.45) is 0 Å². The fourth-order valence-corrected chi connectivity index (χ4v) is 2.26. The Balaban J connectivity index is 2.11. The molecule has 2 aliphatic heterocycles. The molecule has 0 amide bonds. The van der Waals surface area contributed by atoms with Gasteiger partial charge in [-0.05, 0) is 26.2 Å². The van der Waals surface area contributed by atoms with Crippen LogP contribution in [0.4, 0.5) is 0 Å². The molecule has 0 aromatic heterocycles. The third-order valence-corrected chi connectivity index (χ3v) is 3.15. The first kappa shape index (κ1) is 11.3. The highest BCUT2D eigenvalue weighted by Crippen LogP contribution is 2.30. The van der Waals surface area contributed by atoms with Crippen LogP contribution in [0, 0.1) is 0 Å². The minimum Gasteiger partial charge on any atom is -0.387 e. The van der Waals surface area contributed by atoms with Crippen molar-refractivity contribution in [1.82, 2.24) is 0 Å². The Morgan fingerprint density at radius 1 is 1.00 bits per heavy atom. The van der Waals surface area contributed by atoms with Crippen molar-refractivity contribution in [2.45, 2.75) is 63.0 Å². The highest BCUT2D eigenvalue weighted by atomic mass is 16.6. The van der Waals surface area contributed by atoms with Gasteiger partial charge in [-0.3, -0.25) is 0 Å². The van der Waals surface area contributed by atoms with E-state index in [4.69, 9.17) is 9.47 Å². The van der Waals surface area contributed by atoms with E-state index in [0.29, 0.717) is 0 Å². The SMILES string of the molecule is C[C@@H]1CCC[C@H]2OC(O)[C@H](O)[C@@H](O)[C@@H]2O1. The zero-order valence-corrected chi connectivity index (χ0v) is 8.74. The first-order valence-corrected chi connectivity index (χ1v) is 5.44. The summed E-state index contributed by atoms with van der Waals surface area (Å²) in [6.07, 6.45) is -1.85. The molecule has 15 heavy (non-hydrogen) atoms. The molecule has 2 heterocycles. The highest BCUT2D eigenvalue weighted by Gasteiger charge is 2.45. The predicted molar refractivity (Wildman–Crippen MR) is 51.1 cm³/mol. The molecule has 3 N–H and O–H groups in total. The maximum Gasteiger partial charge on any atom is 0.183 e. The molecule has 5 heteroatoms. The summed E-state index contributed by atoms with van der Waals surface area (Å²) in [7, 11) is 0. The molecule has 2 rings (SSSR count). The standard InChI is InChI=1S/C10H18O5/c1-5-3-2-4-6-9(14-5)7(11)8(12)10(13)15-6/h5-13H,2-4H2,1H3/t5-,6-,7-,8-,9-,10?/m1/s1. The summed E-state index contributed by atoms with van der Waals surface area (Å²) in [4.78, 5) is 0. The number of rotatable bonds is 0. The summed E-state index contributed by atoms with van der Waals surface area (Å²) in [5.74, 6) is 0. The maximum atomic E-state index is 9.77. The molecule has 0 aliphatic carbocycles. The summed E-state index contributed by atoms with van der Waals surface area (Å²) in [5.41, 5.74) is 0. The van der Waals surface area contributed by atoms with Crippen LogP contribution in [0.15, 0.2) is 0 Å². The average Bonchev–Trinajstić information content (AvgIpc) is 2.37. The number of hydrogen-bond acceptors (Lipinski definition) is 5. The molecular formula is C10H18O5. The third-order valence-electron chi connectivity index (χ3n) is 3.15. The Bertz CT molecular complexity index is 222. The summed E-state index contributed by atoms with van der Waals surface area (Å²) < 4.78 is 10.8. The van der Waals surface area contributed by atoms with E-state index in [0.717, 1.165) is 19.3 Å². The van der Waals surface area contributed by atoms with Crippen molar-refractivity contribution in [1.29, 1.82) is 0 Å². The van der Waals surface area contributed by atoms with E-state index in [1.165, 1.54) is 0 Å². The molecule has 6 atom stereocenters. The van der Waals surface area contributed by atoms with Gasteiger partial charge in [-0.15, -0.1) is 0 Å². The molecule has 0 aromatic rings. The topological polar surface area (TPSA) is 79.2 Å². The molecule has 2 aliphatic rings. The zero-order valence-electron chi connectivity index (χ0n) is 8.74. The normalized spacial score (nSPS) is 52.0. The van der Waals surface area contributed by atoms with Gasteiger partial charge in [-0.25, -0.2) is 0 Å². The Morgan fingerprint density at radius 3 is 2.47 bits per heavy atom. The lowest BCUT2D eigenvalue weighted by atomic mass is 9.96. The van der Waals surface area contributed by atoms with Crippen LogP contribution >= 0.6 is 0 Å². The smallest absolute Gasteiger partial charge is 0.183 e. The van der Waals surface area contributed by atoms with E-state index in [-0.39, 0.29) is 12.2 Å². The molecule has 5 nitrogen and oxygen atoms in total. The zero-order chi connectivity index (χ0) is 11.0. The average molecular weight is 218 g/mol. The Labute approximate surface area is 88.6 Å². The second-order valence-corrected chi connectivity index (χ2v) is 4.39. The molecule has 0 spiro atoms. The van der Waals surface area contributed by atoms with Crippen molar-refractivity contribution in [3.63, 3.8) is 0 Å². The van der Waals surface area contributed by atoms with Crippen LogP contribution in [-0.2, 0) is 9.47 Å². The minimum absolute atomic E-state index is 0.0562. The van der Waals surface area contributed by atoms with Gasteiger partial charge in [0.1, 0.15) is 18.3 Å². The lowest BCUT2D eigenvalue weighted by Crippen LogP contribution is -2.58. The van der Waals surface area contributed by atoms with E-state index >= 15 is 0 Å². The van der Waals surface area contributed by atoms with Gasteiger partial charge in [-0.1, -0.05) is 0 Å². The van der Waals surface area contributed by atoms with E-state index in [1.54, 1.807) is 0 Å². The quantitative estimate of drug-likeness (QED) is 0.505. The monoisotopic (exact) mass is 218 g/mol. The van der Waals surface area contributed by atoms with Gasteiger partial charge in [0.05, 0.1) is 12.2 Å². The fraction of sp³-hybridized carbons (Fsp3) is 1.00. The van der Waals surface area contributed by atoms with Crippen molar-refractivity contribution in [2.75, 3.05) is 0 Å². The molecule has 2 fully saturated rings. The molecule has 0 bridgehead atoms. The number of aliphatic hydroxyl groups is 3. The number of aliphatic hydroxyl groups excluding tert-OH is 3. The van der Waals surface area contributed by atoms with Crippen molar-refractivity contribution in [3.05, 3.63) is 0 Å². The highest BCUT2D eigenvalue weighted by molar-refractivity contribution is 4.91. The second-order valence-electron chi connectivity index (χ2n) is 4.39. The van der Waals surface area contributed by atoms with Gasteiger partial charge in [-0.2, -0.15) is 0 Å². The number of fused-ring (bicyclic) bond motifs is 1. The van der Waals surface area contributed by atoms with Crippen LogP contribution < -0.4 is 0 Å². The molecule has 2 saturated heterocycles. The van der Waals surface area contributed by atoms with Crippen molar-refractivity contribution >= 4 is 0 Å². The van der Waals surface area contributed by atoms with Crippen LogP contribution in [0.25, 0.3) is 0 Å². The van der Waals surface area contributed by atoms with E-state index in [1.807, 2.05) is 6.92 Å². The van der Waals surface area contributed by atoms with Crippen molar-refractivity contribution in [3.8, 4) is 0 Å². The maximum absolute atomic E-state index is 9.77. The van der Waals surface area contributed by atoms with Crippen LogP contribution in [0.2, 0.25) is 0 Å². The van der Waals surface area contributed by atoms with Gasteiger partial charge in [0, 0.05) is 0 Å². The molecule has 0 aromatic carbocycles. The van der Waals surface area contributed by atoms with E-state index in [2.05, 4.69) is 0 Å². The first-order valence-electron chi connectivity index (χ1n) is 5.44. The van der Waals surface area contributed by atoms with Crippen LogP contribution in [0.3, 0.4) is 0 Å². The first-order chi connectivity index (χ1) is 7.09. The molecular weight excluding hydrogens is 200 g/mol. The Morgan fingerprint density at radius 2 is 1.73 bits per heavy atom. The fourth-order valence-electron chi connectivity index (χ4n) is 2.26.